The number of amides is 1. The second-order valence-electron chi connectivity index (χ2n) is 4.72. The number of rotatable bonds is 6. The van der Waals surface area contributed by atoms with Crippen molar-refractivity contribution in [3.8, 4) is 0 Å². The highest BCUT2D eigenvalue weighted by molar-refractivity contribution is 5.92. The van der Waals surface area contributed by atoms with E-state index in [1.54, 1.807) is 6.07 Å². The number of aromatic carboxylic acids is 1. The average Bonchev–Trinajstić information content (AvgIpc) is 2.77. The van der Waals surface area contributed by atoms with Crippen LogP contribution in [-0.4, -0.2) is 33.1 Å². The lowest BCUT2D eigenvalue weighted by atomic mass is 10.2. The van der Waals surface area contributed by atoms with Crippen molar-refractivity contribution in [3.63, 3.8) is 0 Å². The molecule has 21 heavy (non-hydrogen) atoms. The first-order valence-corrected chi connectivity index (χ1v) is 6.75. The van der Waals surface area contributed by atoms with Crippen molar-refractivity contribution < 1.29 is 14.7 Å². The van der Waals surface area contributed by atoms with E-state index in [0.29, 0.717) is 17.6 Å². The molecule has 0 aliphatic carbocycles. The van der Waals surface area contributed by atoms with Crippen LogP contribution in [0.15, 0.2) is 23.0 Å². The van der Waals surface area contributed by atoms with Crippen molar-refractivity contribution in [1.29, 1.82) is 0 Å². The molecule has 0 saturated carbocycles. The molecule has 1 heterocycles. The standard InChI is InChI=1S/C14H17N3O4/c1-2-6-15-12(18)5-7-17-11-4-3-9(13(19)20)8-10(11)16-14(17)21/h3-4,8H,2,5-7H2,1H3,(H,15,18)(H,16,21)(H,19,20). The molecular weight excluding hydrogens is 274 g/mol. The third-order valence-electron chi connectivity index (χ3n) is 3.16. The number of carbonyl (C=O) groups is 2. The molecule has 2 rings (SSSR count). The normalized spacial score (nSPS) is 10.7. The number of fused-ring (bicyclic) bond motifs is 1. The number of nitrogens with zero attached hydrogens (tertiary/aromatic N) is 1. The Morgan fingerprint density at radius 3 is 2.81 bits per heavy atom. The van der Waals surface area contributed by atoms with E-state index in [2.05, 4.69) is 10.3 Å². The minimum absolute atomic E-state index is 0.108. The zero-order valence-electron chi connectivity index (χ0n) is 11.7. The molecule has 112 valence electrons. The quantitative estimate of drug-likeness (QED) is 0.736. The van der Waals surface area contributed by atoms with Crippen molar-refractivity contribution in [3.05, 3.63) is 34.2 Å². The van der Waals surface area contributed by atoms with Gasteiger partial charge in [-0.3, -0.25) is 9.36 Å². The van der Waals surface area contributed by atoms with Gasteiger partial charge in [-0.25, -0.2) is 9.59 Å². The summed E-state index contributed by atoms with van der Waals surface area (Å²) in [5, 5.41) is 11.7. The minimum atomic E-state index is -1.05. The van der Waals surface area contributed by atoms with Gasteiger partial charge in [0, 0.05) is 19.5 Å². The maximum atomic E-state index is 11.9. The monoisotopic (exact) mass is 291 g/mol. The van der Waals surface area contributed by atoms with E-state index in [4.69, 9.17) is 5.11 Å². The second-order valence-corrected chi connectivity index (χ2v) is 4.72. The molecular formula is C14H17N3O4. The fraction of sp³-hybridized carbons (Fsp3) is 0.357. The largest absolute Gasteiger partial charge is 0.478 e. The Hall–Kier alpha value is -2.57. The van der Waals surface area contributed by atoms with Crippen LogP contribution in [0.25, 0.3) is 11.0 Å². The Labute approximate surface area is 120 Å². The van der Waals surface area contributed by atoms with Crippen molar-refractivity contribution in [1.82, 2.24) is 14.9 Å². The van der Waals surface area contributed by atoms with Gasteiger partial charge in [0.05, 0.1) is 16.6 Å². The van der Waals surface area contributed by atoms with E-state index < -0.39 is 5.97 Å². The summed E-state index contributed by atoms with van der Waals surface area (Å²) >= 11 is 0. The van der Waals surface area contributed by atoms with Crippen molar-refractivity contribution >= 4 is 22.9 Å². The van der Waals surface area contributed by atoms with Gasteiger partial charge >= 0.3 is 11.7 Å². The van der Waals surface area contributed by atoms with Crippen LogP contribution in [-0.2, 0) is 11.3 Å². The number of benzene rings is 1. The number of H-pyrrole nitrogens is 1. The molecule has 0 radical (unpaired) electrons. The lowest BCUT2D eigenvalue weighted by Gasteiger charge is -2.05. The van der Waals surface area contributed by atoms with Crippen LogP contribution in [0.1, 0.15) is 30.1 Å². The predicted octanol–water partition coefficient (Wildman–Crippen LogP) is 0.944. The van der Waals surface area contributed by atoms with Crippen molar-refractivity contribution in [2.45, 2.75) is 26.3 Å². The summed E-state index contributed by atoms with van der Waals surface area (Å²) < 4.78 is 1.44. The fourth-order valence-electron chi connectivity index (χ4n) is 2.08. The highest BCUT2D eigenvalue weighted by atomic mass is 16.4. The number of carbonyl (C=O) groups excluding carboxylic acids is 1. The molecule has 2 aromatic rings. The molecule has 1 amide bonds. The van der Waals surface area contributed by atoms with Crippen LogP contribution < -0.4 is 11.0 Å². The van der Waals surface area contributed by atoms with E-state index in [0.717, 1.165) is 6.42 Å². The van der Waals surface area contributed by atoms with Gasteiger partial charge in [-0.2, -0.15) is 0 Å². The summed E-state index contributed by atoms with van der Waals surface area (Å²) in [4.78, 5) is 36.9. The lowest BCUT2D eigenvalue weighted by molar-refractivity contribution is -0.121. The Kier molecular flexibility index (Phi) is 4.42. The summed E-state index contributed by atoms with van der Waals surface area (Å²) in [5.74, 6) is -1.16. The van der Waals surface area contributed by atoms with Gasteiger partial charge in [0.1, 0.15) is 0 Å². The van der Waals surface area contributed by atoms with E-state index in [1.165, 1.54) is 16.7 Å². The molecule has 0 aliphatic heterocycles. The van der Waals surface area contributed by atoms with Crippen molar-refractivity contribution in [2.24, 2.45) is 0 Å². The van der Waals surface area contributed by atoms with Gasteiger partial charge in [0.15, 0.2) is 0 Å². The number of aryl methyl sites for hydroxylation is 1. The minimum Gasteiger partial charge on any atom is -0.478 e. The molecule has 0 bridgehead atoms. The van der Waals surface area contributed by atoms with Gasteiger partial charge < -0.3 is 15.4 Å². The summed E-state index contributed by atoms with van der Waals surface area (Å²) in [6, 6.07) is 4.42. The molecule has 0 aliphatic rings. The fourth-order valence-corrected chi connectivity index (χ4v) is 2.08. The number of imidazole rings is 1. The highest BCUT2D eigenvalue weighted by Crippen LogP contribution is 2.13. The Morgan fingerprint density at radius 2 is 2.14 bits per heavy atom. The zero-order chi connectivity index (χ0) is 15.4. The molecule has 7 heteroatoms. The molecule has 0 unspecified atom stereocenters. The molecule has 0 fully saturated rings. The molecule has 0 saturated heterocycles. The SMILES string of the molecule is CCCNC(=O)CCn1c(=O)[nH]c2cc(C(=O)O)ccc21. The molecule has 0 atom stereocenters. The maximum absolute atomic E-state index is 11.9. The van der Waals surface area contributed by atoms with Gasteiger partial charge in [0.2, 0.25) is 5.91 Å². The van der Waals surface area contributed by atoms with E-state index in [9.17, 15) is 14.4 Å². The third-order valence-corrected chi connectivity index (χ3v) is 3.16. The van der Waals surface area contributed by atoms with Crippen LogP contribution in [0.4, 0.5) is 0 Å². The van der Waals surface area contributed by atoms with Crippen LogP contribution in [0, 0.1) is 0 Å². The number of carboxylic acid groups (broad SMARTS) is 1. The first kappa shape index (κ1) is 14.8. The topological polar surface area (TPSA) is 104 Å². The molecule has 0 spiro atoms. The first-order chi connectivity index (χ1) is 10.0. The third kappa shape index (κ3) is 3.31. The Balaban J connectivity index is 2.20. The average molecular weight is 291 g/mol. The summed E-state index contributed by atoms with van der Waals surface area (Å²) in [6.07, 6.45) is 1.06. The number of aromatic nitrogens is 2. The van der Waals surface area contributed by atoms with Gasteiger partial charge in [-0.15, -0.1) is 0 Å². The predicted molar refractivity (Wildman–Crippen MR) is 77.4 cm³/mol. The van der Waals surface area contributed by atoms with E-state index in [-0.39, 0.29) is 30.1 Å². The van der Waals surface area contributed by atoms with Gasteiger partial charge in [0.25, 0.3) is 0 Å². The van der Waals surface area contributed by atoms with E-state index in [1.807, 2.05) is 6.92 Å². The van der Waals surface area contributed by atoms with Crippen molar-refractivity contribution in [2.75, 3.05) is 6.54 Å². The highest BCUT2D eigenvalue weighted by Gasteiger charge is 2.11. The second kappa shape index (κ2) is 6.25. The number of hydrogen-bond acceptors (Lipinski definition) is 3. The summed E-state index contributed by atoms with van der Waals surface area (Å²) in [7, 11) is 0. The number of aromatic amines is 1. The van der Waals surface area contributed by atoms with E-state index >= 15 is 0 Å². The molecule has 1 aromatic heterocycles. The molecule has 3 N–H and O–H groups in total. The van der Waals surface area contributed by atoms with Crippen LogP contribution in [0.5, 0.6) is 0 Å². The smallest absolute Gasteiger partial charge is 0.335 e. The Bertz CT molecular complexity index is 729. The molecule has 7 nitrogen and oxygen atoms in total. The van der Waals surface area contributed by atoms with Crippen LogP contribution in [0.2, 0.25) is 0 Å². The van der Waals surface area contributed by atoms with Gasteiger partial charge in [-0.05, 0) is 24.6 Å². The number of carboxylic acids is 1. The Morgan fingerprint density at radius 1 is 1.38 bits per heavy atom. The summed E-state index contributed by atoms with van der Waals surface area (Å²) in [5.41, 5.74) is 0.801. The lowest BCUT2D eigenvalue weighted by Crippen LogP contribution is -2.27. The number of nitrogens with one attached hydrogen (secondary N) is 2. The first-order valence-electron chi connectivity index (χ1n) is 6.75. The zero-order valence-corrected chi connectivity index (χ0v) is 11.7. The van der Waals surface area contributed by atoms with Gasteiger partial charge in [-0.1, -0.05) is 6.92 Å². The number of hydrogen-bond donors (Lipinski definition) is 3. The maximum Gasteiger partial charge on any atom is 0.335 e. The summed E-state index contributed by atoms with van der Waals surface area (Å²) in [6.45, 7) is 2.83. The van der Waals surface area contributed by atoms with Crippen LogP contribution >= 0.6 is 0 Å². The molecule has 1 aromatic carbocycles. The van der Waals surface area contributed by atoms with Crippen LogP contribution in [0.3, 0.4) is 0 Å².